The molecule has 2 heterocycles. The minimum Gasteiger partial charge on any atom is -0.335 e. The van der Waals surface area contributed by atoms with Crippen molar-refractivity contribution in [1.82, 2.24) is 19.6 Å². The second kappa shape index (κ2) is 5.02. The zero-order valence-corrected chi connectivity index (χ0v) is 11.6. The zero-order chi connectivity index (χ0) is 14.0. The number of carbonyl (C=O) groups is 1. The third kappa shape index (κ3) is 2.61. The second-order valence-electron chi connectivity index (χ2n) is 5.29. The summed E-state index contributed by atoms with van der Waals surface area (Å²) in [6.07, 6.45) is 1.63. The Morgan fingerprint density at radius 3 is 2.47 bits per heavy atom. The highest BCUT2D eigenvalue weighted by Gasteiger charge is 2.31. The summed E-state index contributed by atoms with van der Waals surface area (Å²) in [6.45, 7) is 6.57. The first-order valence-electron chi connectivity index (χ1n) is 6.39. The van der Waals surface area contributed by atoms with Crippen LogP contribution in [0.15, 0.2) is 12.3 Å². The van der Waals surface area contributed by atoms with Crippen molar-refractivity contribution in [3.8, 4) is 6.07 Å². The summed E-state index contributed by atoms with van der Waals surface area (Å²) in [6, 6.07) is 4.03. The van der Waals surface area contributed by atoms with E-state index in [-0.39, 0.29) is 5.91 Å². The van der Waals surface area contributed by atoms with E-state index in [1.54, 1.807) is 24.0 Å². The molecule has 0 atom stereocenters. The Balaban J connectivity index is 2.00. The van der Waals surface area contributed by atoms with Crippen molar-refractivity contribution in [2.75, 3.05) is 26.2 Å². The Morgan fingerprint density at radius 2 is 2.00 bits per heavy atom. The predicted octanol–water partition coefficient (Wildman–Crippen LogP) is 0.480. The lowest BCUT2D eigenvalue weighted by molar-refractivity contribution is 0.0511. The average Bonchev–Trinajstić information content (AvgIpc) is 2.84. The van der Waals surface area contributed by atoms with Gasteiger partial charge in [0.2, 0.25) is 0 Å². The van der Waals surface area contributed by atoms with Crippen LogP contribution in [0.5, 0.6) is 0 Å². The monoisotopic (exact) mass is 261 g/mol. The van der Waals surface area contributed by atoms with Gasteiger partial charge in [-0.05, 0) is 19.9 Å². The van der Waals surface area contributed by atoms with Crippen molar-refractivity contribution < 1.29 is 4.79 Å². The maximum absolute atomic E-state index is 12.3. The van der Waals surface area contributed by atoms with Crippen LogP contribution in [0.2, 0.25) is 0 Å². The number of piperazine rings is 1. The van der Waals surface area contributed by atoms with E-state index in [0.717, 1.165) is 13.1 Å². The fraction of sp³-hybridized carbons (Fsp3) is 0.615. The van der Waals surface area contributed by atoms with Gasteiger partial charge in [0, 0.05) is 39.4 Å². The first kappa shape index (κ1) is 13.6. The molecule has 1 amide bonds. The molecule has 2 rings (SSSR count). The Bertz CT molecular complexity index is 505. The van der Waals surface area contributed by atoms with Crippen LogP contribution in [0.25, 0.3) is 0 Å². The van der Waals surface area contributed by atoms with Gasteiger partial charge in [0.25, 0.3) is 5.91 Å². The van der Waals surface area contributed by atoms with Crippen molar-refractivity contribution in [1.29, 1.82) is 5.26 Å². The number of hydrogen-bond donors (Lipinski definition) is 0. The molecule has 0 spiro atoms. The molecule has 1 aliphatic rings. The van der Waals surface area contributed by atoms with Gasteiger partial charge in [-0.1, -0.05) is 0 Å². The lowest BCUT2D eigenvalue weighted by Crippen LogP contribution is -2.55. The number of nitriles is 1. The highest BCUT2D eigenvalue weighted by atomic mass is 16.2. The van der Waals surface area contributed by atoms with Gasteiger partial charge in [-0.15, -0.1) is 0 Å². The number of rotatable bonds is 2. The van der Waals surface area contributed by atoms with Crippen molar-refractivity contribution in [3.05, 3.63) is 18.0 Å². The fourth-order valence-corrected chi connectivity index (χ4v) is 2.28. The molecule has 1 fully saturated rings. The largest absolute Gasteiger partial charge is 0.335 e. The van der Waals surface area contributed by atoms with Gasteiger partial charge in [0.05, 0.1) is 6.07 Å². The molecule has 0 bridgehead atoms. The molecule has 1 aromatic rings. The molecule has 1 aliphatic heterocycles. The summed E-state index contributed by atoms with van der Waals surface area (Å²) in [5, 5.41) is 13.1. The van der Waals surface area contributed by atoms with E-state index in [1.165, 1.54) is 0 Å². The van der Waals surface area contributed by atoms with Crippen LogP contribution < -0.4 is 0 Å². The lowest BCUT2D eigenvalue weighted by Gasteiger charge is -2.40. The van der Waals surface area contributed by atoms with Crippen LogP contribution in [-0.2, 0) is 7.05 Å². The van der Waals surface area contributed by atoms with Crippen molar-refractivity contribution >= 4 is 5.91 Å². The Hall–Kier alpha value is -1.87. The molecule has 0 radical (unpaired) electrons. The Labute approximate surface area is 113 Å². The van der Waals surface area contributed by atoms with Gasteiger partial charge in [-0.3, -0.25) is 14.4 Å². The zero-order valence-electron chi connectivity index (χ0n) is 11.6. The highest BCUT2D eigenvalue weighted by molar-refractivity contribution is 5.92. The molecule has 0 aliphatic carbocycles. The first-order valence-corrected chi connectivity index (χ1v) is 6.39. The van der Waals surface area contributed by atoms with Crippen molar-refractivity contribution in [3.63, 3.8) is 0 Å². The summed E-state index contributed by atoms with van der Waals surface area (Å²) in [5.74, 6) is 0.00872. The first-order chi connectivity index (χ1) is 8.95. The lowest BCUT2D eigenvalue weighted by atomic mass is 10.0. The van der Waals surface area contributed by atoms with Crippen LogP contribution in [0.3, 0.4) is 0 Å². The Morgan fingerprint density at radius 1 is 1.37 bits per heavy atom. The molecule has 1 saturated heterocycles. The van der Waals surface area contributed by atoms with Crippen molar-refractivity contribution in [2.24, 2.45) is 7.05 Å². The minimum atomic E-state index is -0.471. The molecule has 0 N–H and O–H groups in total. The van der Waals surface area contributed by atoms with Crippen LogP contribution in [0.4, 0.5) is 0 Å². The number of carbonyl (C=O) groups excluding carboxylic acids is 1. The third-order valence-electron chi connectivity index (χ3n) is 3.67. The topological polar surface area (TPSA) is 65.2 Å². The number of amides is 1. The molecular weight excluding hydrogens is 242 g/mol. The second-order valence-corrected chi connectivity index (χ2v) is 5.29. The third-order valence-corrected chi connectivity index (χ3v) is 3.67. The number of aromatic nitrogens is 2. The summed E-state index contributed by atoms with van der Waals surface area (Å²) in [4.78, 5) is 16.2. The van der Waals surface area contributed by atoms with E-state index in [4.69, 9.17) is 5.26 Å². The van der Waals surface area contributed by atoms with E-state index in [1.807, 2.05) is 18.7 Å². The van der Waals surface area contributed by atoms with Gasteiger partial charge in [0.15, 0.2) is 0 Å². The molecular formula is C13H19N5O. The highest BCUT2D eigenvalue weighted by Crippen LogP contribution is 2.17. The van der Waals surface area contributed by atoms with E-state index in [2.05, 4.69) is 16.1 Å². The molecule has 6 heteroatoms. The fourth-order valence-electron chi connectivity index (χ4n) is 2.28. The molecule has 6 nitrogen and oxygen atoms in total. The molecule has 0 aromatic carbocycles. The van der Waals surface area contributed by atoms with Gasteiger partial charge in [-0.25, -0.2) is 0 Å². The maximum atomic E-state index is 12.3. The SMILES string of the molecule is Cn1nccc1C(=O)N1CCN(C(C)(C)C#N)CC1. The predicted molar refractivity (Wildman–Crippen MR) is 70.4 cm³/mol. The van der Waals surface area contributed by atoms with Crippen LogP contribution in [-0.4, -0.2) is 57.2 Å². The molecule has 1 aromatic heterocycles. The van der Waals surface area contributed by atoms with Crippen molar-refractivity contribution in [2.45, 2.75) is 19.4 Å². The summed E-state index contributed by atoms with van der Waals surface area (Å²) >= 11 is 0. The number of aryl methyl sites for hydroxylation is 1. The quantitative estimate of drug-likeness (QED) is 0.776. The average molecular weight is 261 g/mol. The van der Waals surface area contributed by atoms with Gasteiger partial charge in [0.1, 0.15) is 11.2 Å². The minimum absolute atomic E-state index is 0.00872. The van der Waals surface area contributed by atoms with E-state index < -0.39 is 5.54 Å². The molecule has 102 valence electrons. The van der Waals surface area contributed by atoms with Crippen LogP contribution in [0, 0.1) is 11.3 Å². The van der Waals surface area contributed by atoms with Crippen LogP contribution >= 0.6 is 0 Å². The van der Waals surface area contributed by atoms with E-state index in [9.17, 15) is 4.79 Å². The van der Waals surface area contributed by atoms with Gasteiger partial charge >= 0.3 is 0 Å². The van der Waals surface area contributed by atoms with Crippen LogP contribution in [0.1, 0.15) is 24.3 Å². The summed E-state index contributed by atoms with van der Waals surface area (Å²) < 4.78 is 1.59. The molecule has 0 unspecified atom stereocenters. The normalized spacial score (nSPS) is 17.3. The van der Waals surface area contributed by atoms with E-state index >= 15 is 0 Å². The summed E-state index contributed by atoms with van der Waals surface area (Å²) in [5.41, 5.74) is 0.134. The maximum Gasteiger partial charge on any atom is 0.272 e. The van der Waals surface area contributed by atoms with Gasteiger partial charge < -0.3 is 4.90 Å². The summed E-state index contributed by atoms with van der Waals surface area (Å²) in [7, 11) is 1.77. The smallest absolute Gasteiger partial charge is 0.272 e. The Kier molecular flexibility index (Phi) is 3.58. The standard InChI is InChI=1S/C13H19N5O/c1-13(2,10-14)18-8-6-17(7-9-18)12(19)11-4-5-15-16(11)3/h4-5H,6-9H2,1-3H3. The van der Waals surface area contributed by atoms with E-state index in [0.29, 0.717) is 18.8 Å². The molecule has 0 saturated carbocycles. The number of hydrogen-bond acceptors (Lipinski definition) is 4. The number of nitrogens with zero attached hydrogens (tertiary/aromatic N) is 5. The van der Waals surface area contributed by atoms with Gasteiger partial charge in [-0.2, -0.15) is 10.4 Å². The molecule has 19 heavy (non-hydrogen) atoms.